The number of aryl methyl sites for hydroxylation is 2. The van der Waals surface area contributed by atoms with Gasteiger partial charge in [-0.1, -0.05) is 37.5 Å². The Hall–Kier alpha value is -3.68. The molecular formula is C29H36FN3O4. The van der Waals surface area contributed by atoms with Gasteiger partial charge in [0.15, 0.2) is 0 Å². The number of benzene rings is 2. The number of hydrogen-bond donors (Lipinski definition) is 3. The number of urea groups is 1. The zero-order valence-corrected chi connectivity index (χ0v) is 22.0. The lowest BCUT2D eigenvalue weighted by atomic mass is 9.75. The fraction of sp³-hybridized carbons (Fsp3) is 0.414. The molecule has 2 aromatic carbocycles. The minimum absolute atomic E-state index is 0.00977. The van der Waals surface area contributed by atoms with Crippen molar-refractivity contribution in [1.82, 2.24) is 5.32 Å². The predicted molar refractivity (Wildman–Crippen MR) is 143 cm³/mol. The molecule has 37 heavy (non-hydrogen) atoms. The van der Waals surface area contributed by atoms with Gasteiger partial charge in [0.05, 0.1) is 18.4 Å². The Morgan fingerprint density at radius 1 is 1.08 bits per heavy atom. The maximum absolute atomic E-state index is 14.2. The van der Waals surface area contributed by atoms with Gasteiger partial charge in [-0.25, -0.2) is 14.0 Å². The fourth-order valence-corrected chi connectivity index (χ4v) is 5.13. The zero-order valence-electron chi connectivity index (χ0n) is 22.0. The number of nitrogens with one attached hydrogen (secondary N) is 3. The van der Waals surface area contributed by atoms with Gasteiger partial charge in [0.1, 0.15) is 11.4 Å². The van der Waals surface area contributed by atoms with Crippen molar-refractivity contribution in [3.8, 4) is 0 Å². The Bertz CT molecular complexity index is 1170. The second-order valence-electron chi connectivity index (χ2n) is 9.85. The third-order valence-electron chi connectivity index (χ3n) is 7.09. The zero-order chi connectivity index (χ0) is 27.2. The van der Waals surface area contributed by atoms with Crippen LogP contribution in [0.4, 0.5) is 20.6 Å². The number of amides is 3. The molecule has 1 aliphatic rings. The van der Waals surface area contributed by atoms with Gasteiger partial charge in [0, 0.05) is 5.69 Å². The Balaban J connectivity index is 1.83. The van der Waals surface area contributed by atoms with Crippen LogP contribution in [0.15, 0.2) is 43.0 Å². The Morgan fingerprint density at radius 2 is 1.73 bits per heavy atom. The molecule has 0 saturated heterocycles. The van der Waals surface area contributed by atoms with Gasteiger partial charge in [0.2, 0.25) is 0 Å². The highest BCUT2D eigenvalue weighted by molar-refractivity contribution is 6.08. The molecule has 0 aromatic heterocycles. The van der Waals surface area contributed by atoms with Crippen molar-refractivity contribution in [2.24, 2.45) is 5.92 Å². The van der Waals surface area contributed by atoms with Gasteiger partial charge < -0.3 is 20.7 Å². The molecular weight excluding hydrogens is 473 g/mol. The summed E-state index contributed by atoms with van der Waals surface area (Å²) in [7, 11) is 1.29. The summed E-state index contributed by atoms with van der Waals surface area (Å²) < 4.78 is 19.2. The summed E-state index contributed by atoms with van der Waals surface area (Å²) in [6, 6.07) is 6.82. The number of halogens is 1. The van der Waals surface area contributed by atoms with Crippen LogP contribution in [0.2, 0.25) is 0 Å². The largest absolute Gasteiger partial charge is 0.467 e. The summed E-state index contributed by atoms with van der Waals surface area (Å²) >= 11 is 0. The number of hydrogen-bond acceptors (Lipinski definition) is 4. The molecule has 0 aliphatic heterocycles. The first-order chi connectivity index (χ1) is 17.6. The standard InChI is InChI=1S/C29H36FN3O4/c1-6-10-20-15-18(2)25(19(3)16-20)32-28(36)31-24-17-22(30)13-14-23(24)26(34)33-29(4,27(35)37-5)21-11-8-7-9-12-21/h6,13-17,21H,1,7-12H2,2-5H3,(H,33,34)(H2,31,32,36)/t29-/m1/s1. The van der Waals surface area contributed by atoms with Crippen molar-refractivity contribution in [2.75, 3.05) is 17.7 Å². The molecule has 1 aliphatic carbocycles. The molecule has 0 radical (unpaired) electrons. The molecule has 0 bridgehead atoms. The Morgan fingerprint density at radius 3 is 2.32 bits per heavy atom. The van der Waals surface area contributed by atoms with E-state index in [1.165, 1.54) is 13.2 Å². The first-order valence-corrected chi connectivity index (χ1v) is 12.6. The van der Waals surface area contributed by atoms with Crippen molar-refractivity contribution in [3.63, 3.8) is 0 Å². The maximum atomic E-state index is 14.2. The van der Waals surface area contributed by atoms with Gasteiger partial charge >= 0.3 is 12.0 Å². The lowest BCUT2D eigenvalue weighted by Crippen LogP contribution is -2.58. The van der Waals surface area contributed by atoms with E-state index in [0.29, 0.717) is 12.1 Å². The highest BCUT2D eigenvalue weighted by Gasteiger charge is 2.44. The monoisotopic (exact) mass is 509 g/mol. The molecule has 2 aromatic rings. The van der Waals surface area contributed by atoms with E-state index in [2.05, 4.69) is 22.5 Å². The maximum Gasteiger partial charge on any atom is 0.331 e. The number of methoxy groups -OCH3 is 1. The third kappa shape index (κ3) is 6.56. The fourth-order valence-electron chi connectivity index (χ4n) is 5.13. The van der Waals surface area contributed by atoms with E-state index in [1.54, 1.807) is 6.92 Å². The SMILES string of the molecule is C=CCc1cc(C)c(NC(=O)Nc2cc(F)ccc2C(=O)N[C@@](C)(C(=O)OC)C2CCCCC2)c(C)c1. The molecule has 1 fully saturated rings. The first kappa shape index (κ1) is 27.9. The van der Waals surface area contributed by atoms with E-state index in [4.69, 9.17) is 4.74 Å². The van der Waals surface area contributed by atoms with Crippen molar-refractivity contribution < 1.29 is 23.5 Å². The highest BCUT2D eigenvalue weighted by atomic mass is 19.1. The van der Waals surface area contributed by atoms with Crippen LogP contribution in [0.25, 0.3) is 0 Å². The van der Waals surface area contributed by atoms with E-state index in [1.807, 2.05) is 32.1 Å². The predicted octanol–water partition coefficient (Wildman–Crippen LogP) is 6.06. The normalized spacial score (nSPS) is 15.3. The van der Waals surface area contributed by atoms with E-state index < -0.39 is 29.3 Å². The molecule has 8 heteroatoms. The van der Waals surface area contributed by atoms with Crippen molar-refractivity contribution in [1.29, 1.82) is 0 Å². The smallest absolute Gasteiger partial charge is 0.331 e. The van der Waals surface area contributed by atoms with E-state index in [9.17, 15) is 18.8 Å². The third-order valence-corrected chi connectivity index (χ3v) is 7.09. The number of carbonyl (C=O) groups is 3. The number of ether oxygens (including phenoxy) is 1. The van der Waals surface area contributed by atoms with Crippen LogP contribution in [0.3, 0.4) is 0 Å². The molecule has 1 atom stereocenters. The molecule has 3 rings (SSSR count). The van der Waals surface area contributed by atoms with Gasteiger partial charge in [-0.05, 0) is 80.8 Å². The summed E-state index contributed by atoms with van der Waals surface area (Å²) in [5, 5.41) is 8.24. The molecule has 0 unspecified atom stereocenters. The van der Waals surface area contributed by atoms with Crippen LogP contribution >= 0.6 is 0 Å². The molecule has 0 spiro atoms. The topological polar surface area (TPSA) is 96.5 Å². The number of anilines is 2. The molecule has 7 nitrogen and oxygen atoms in total. The molecule has 3 amide bonds. The molecule has 3 N–H and O–H groups in total. The summed E-state index contributed by atoms with van der Waals surface area (Å²) in [6.07, 6.45) is 7.10. The average molecular weight is 510 g/mol. The van der Waals surface area contributed by atoms with Gasteiger partial charge in [-0.3, -0.25) is 4.79 Å². The summed E-state index contributed by atoms with van der Waals surface area (Å²) in [6.45, 7) is 9.19. The van der Waals surface area contributed by atoms with Gasteiger partial charge in [-0.15, -0.1) is 6.58 Å². The second kappa shape index (κ2) is 12.0. The first-order valence-electron chi connectivity index (χ1n) is 12.6. The van der Waals surface area contributed by atoms with Crippen molar-refractivity contribution in [2.45, 2.75) is 64.8 Å². The van der Waals surface area contributed by atoms with E-state index in [-0.39, 0.29) is 17.2 Å². The van der Waals surface area contributed by atoms with Crippen molar-refractivity contribution in [3.05, 3.63) is 71.1 Å². The Kier molecular flexibility index (Phi) is 9.08. The van der Waals surface area contributed by atoms with Gasteiger partial charge in [-0.2, -0.15) is 0 Å². The van der Waals surface area contributed by atoms with Crippen LogP contribution in [-0.4, -0.2) is 30.6 Å². The molecule has 0 heterocycles. The van der Waals surface area contributed by atoms with Gasteiger partial charge in [0.25, 0.3) is 5.91 Å². The Labute approximate surface area is 217 Å². The molecule has 198 valence electrons. The summed E-state index contributed by atoms with van der Waals surface area (Å²) in [5.41, 5.74) is 2.22. The van der Waals surface area contributed by atoms with Crippen LogP contribution in [-0.2, 0) is 16.0 Å². The lowest BCUT2D eigenvalue weighted by Gasteiger charge is -2.38. The minimum Gasteiger partial charge on any atom is -0.467 e. The van der Waals surface area contributed by atoms with E-state index >= 15 is 0 Å². The quantitative estimate of drug-likeness (QED) is 0.298. The minimum atomic E-state index is -1.25. The van der Waals surface area contributed by atoms with Crippen molar-refractivity contribution >= 4 is 29.3 Å². The van der Waals surface area contributed by atoms with E-state index in [0.717, 1.165) is 60.9 Å². The summed E-state index contributed by atoms with van der Waals surface area (Å²) in [4.78, 5) is 39.1. The second-order valence-corrected chi connectivity index (χ2v) is 9.85. The number of esters is 1. The van der Waals surface area contributed by atoms with Crippen LogP contribution in [0.5, 0.6) is 0 Å². The summed E-state index contributed by atoms with van der Waals surface area (Å²) in [5.74, 6) is -1.84. The number of rotatable bonds is 8. The molecule has 1 saturated carbocycles. The van der Waals surface area contributed by atoms with Crippen LogP contribution in [0.1, 0.15) is 66.1 Å². The van der Waals surface area contributed by atoms with Crippen LogP contribution in [0, 0.1) is 25.6 Å². The average Bonchev–Trinajstić information content (AvgIpc) is 2.86. The number of allylic oxidation sites excluding steroid dienone is 1. The highest BCUT2D eigenvalue weighted by Crippen LogP contribution is 2.34. The van der Waals surface area contributed by atoms with Crippen LogP contribution < -0.4 is 16.0 Å². The lowest BCUT2D eigenvalue weighted by molar-refractivity contribution is -0.150. The number of carbonyl (C=O) groups excluding carboxylic acids is 3.